The summed E-state index contributed by atoms with van der Waals surface area (Å²) in [6.07, 6.45) is 2.12. The Bertz CT molecular complexity index is 515. The van der Waals surface area contributed by atoms with Crippen molar-refractivity contribution in [3.8, 4) is 0 Å². The molecule has 114 valence electrons. The van der Waals surface area contributed by atoms with Crippen molar-refractivity contribution in [2.45, 2.75) is 12.8 Å². The van der Waals surface area contributed by atoms with E-state index >= 15 is 0 Å². The van der Waals surface area contributed by atoms with Crippen molar-refractivity contribution in [2.24, 2.45) is 0 Å². The number of carbonyl (C=O) groups is 2. The van der Waals surface area contributed by atoms with E-state index in [1.54, 1.807) is 19.2 Å². The van der Waals surface area contributed by atoms with Gasteiger partial charge in [-0.2, -0.15) is 0 Å². The predicted molar refractivity (Wildman–Crippen MR) is 77.5 cm³/mol. The van der Waals surface area contributed by atoms with E-state index in [0.717, 1.165) is 30.8 Å². The molecule has 1 aliphatic heterocycles. The van der Waals surface area contributed by atoms with Gasteiger partial charge >= 0.3 is 0 Å². The van der Waals surface area contributed by atoms with Crippen LogP contribution in [0.4, 0.5) is 10.1 Å². The van der Waals surface area contributed by atoms with Crippen LogP contribution in [-0.4, -0.2) is 49.9 Å². The number of anilines is 1. The van der Waals surface area contributed by atoms with Crippen molar-refractivity contribution in [1.82, 2.24) is 4.90 Å². The summed E-state index contributed by atoms with van der Waals surface area (Å²) in [5.41, 5.74) is 0.429. The normalized spacial score (nSPS) is 15.8. The molecule has 1 unspecified atom stereocenters. The Hall–Kier alpha value is -1.95. The van der Waals surface area contributed by atoms with Crippen LogP contribution in [0.3, 0.4) is 0 Å². The standard InChI is InChI=1S/C15H20FN3O2/c1-18(11-15(21)19-7-2-3-8-19)10-14(20)17-13-6-4-5-12(16)9-13/h4-6,9H,2-3,7-8,10-11H2,1H3,(H,17,20)/p+1. The minimum Gasteiger partial charge on any atom is -0.338 e. The Morgan fingerprint density at radius 3 is 2.67 bits per heavy atom. The molecule has 0 radical (unpaired) electrons. The van der Waals surface area contributed by atoms with Crippen molar-refractivity contribution >= 4 is 17.5 Å². The van der Waals surface area contributed by atoms with Crippen LogP contribution in [0.5, 0.6) is 0 Å². The first kappa shape index (κ1) is 15.4. The molecule has 1 saturated heterocycles. The summed E-state index contributed by atoms with van der Waals surface area (Å²) < 4.78 is 13.0. The van der Waals surface area contributed by atoms with Crippen LogP contribution in [0.1, 0.15) is 12.8 Å². The zero-order valence-electron chi connectivity index (χ0n) is 12.2. The number of rotatable bonds is 5. The Kier molecular flexibility index (Phi) is 5.27. The van der Waals surface area contributed by atoms with E-state index in [1.165, 1.54) is 12.1 Å². The highest BCUT2D eigenvalue weighted by molar-refractivity contribution is 5.91. The zero-order chi connectivity index (χ0) is 15.2. The molecule has 1 aromatic rings. The van der Waals surface area contributed by atoms with Crippen LogP contribution in [0, 0.1) is 5.82 Å². The number of hydrogen-bond acceptors (Lipinski definition) is 2. The number of nitrogens with zero attached hydrogens (tertiary/aromatic N) is 1. The molecule has 5 nitrogen and oxygen atoms in total. The molecule has 0 bridgehead atoms. The minimum absolute atomic E-state index is 0.0866. The lowest BCUT2D eigenvalue weighted by Gasteiger charge is -2.18. The zero-order valence-corrected chi connectivity index (χ0v) is 12.2. The second kappa shape index (κ2) is 7.17. The quantitative estimate of drug-likeness (QED) is 0.797. The number of quaternary nitrogens is 1. The van der Waals surface area contributed by atoms with E-state index in [1.807, 2.05) is 4.90 Å². The SMILES string of the molecule is C[NH+](CC(=O)Nc1cccc(F)c1)CC(=O)N1CCCC1. The molecular weight excluding hydrogens is 273 g/mol. The maximum Gasteiger partial charge on any atom is 0.279 e. The average Bonchev–Trinajstić information content (AvgIpc) is 2.91. The molecule has 0 aliphatic carbocycles. The van der Waals surface area contributed by atoms with Gasteiger partial charge in [-0.3, -0.25) is 9.59 Å². The summed E-state index contributed by atoms with van der Waals surface area (Å²) in [4.78, 5) is 26.5. The molecular formula is C15H21FN3O2+. The summed E-state index contributed by atoms with van der Waals surface area (Å²) in [7, 11) is 1.80. The first-order chi connectivity index (χ1) is 10.0. The molecule has 1 aliphatic rings. The molecule has 2 rings (SSSR count). The van der Waals surface area contributed by atoms with E-state index in [9.17, 15) is 14.0 Å². The molecule has 1 heterocycles. The highest BCUT2D eigenvalue weighted by Gasteiger charge is 2.22. The van der Waals surface area contributed by atoms with Crippen molar-refractivity contribution in [3.63, 3.8) is 0 Å². The molecule has 6 heteroatoms. The Labute approximate surface area is 123 Å². The van der Waals surface area contributed by atoms with Crippen molar-refractivity contribution in [2.75, 3.05) is 38.5 Å². The summed E-state index contributed by atoms with van der Waals surface area (Å²) >= 11 is 0. The molecule has 0 aromatic heterocycles. The van der Waals surface area contributed by atoms with Crippen LogP contribution in [0.15, 0.2) is 24.3 Å². The van der Waals surface area contributed by atoms with Gasteiger partial charge in [0.15, 0.2) is 13.1 Å². The maximum atomic E-state index is 13.0. The van der Waals surface area contributed by atoms with Crippen LogP contribution < -0.4 is 10.2 Å². The molecule has 2 N–H and O–H groups in total. The number of carbonyl (C=O) groups excluding carboxylic acids is 2. The highest BCUT2D eigenvalue weighted by Crippen LogP contribution is 2.08. The molecule has 0 saturated carbocycles. The summed E-state index contributed by atoms with van der Waals surface area (Å²) in [6, 6.07) is 5.76. The van der Waals surface area contributed by atoms with E-state index in [4.69, 9.17) is 0 Å². The average molecular weight is 294 g/mol. The lowest BCUT2D eigenvalue weighted by Crippen LogP contribution is -3.11. The fraction of sp³-hybridized carbons (Fsp3) is 0.467. The van der Waals surface area contributed by atoms with Gasteiger partial charge in [-0.1, -0.05) is 6.07 Å². The monoisotopic (exact) mass is 294 g/mol. The Balaban J connectivity index is 1.77. The van der Waals surface area contributed by atoms with Gasteiger partial charge in [0.25, 0.3) is 11.8 Å². The van der Waals surface area contributed by atoms with Crippen molar-refractivity contribution in [1.29, 1.82) is 0 Å². The Morgan fingerprint density at radius 2 is 2.00 bits per heavy atom. The van der Waals surface area contributed by atoms with Crippen molar-refractivity contribution < 1.29 is 18.9 Å². The van der Waals surface area contributed by atoms with Gasteiger partial charge in [0, 0.05) is 18.8 Å². The highest BCUT2D eigenvalue weighted by atomic mass is 19.1. The summed E-state index contributed by atoms with van der Waals surface area (Å²) in [5, 5.41) is 2.63. The van der Waals surface area contributed by atoms with Gasteiger partial charge in [0.05, 0.1) is 7.05 Å². The van der Waals surface area contributed by atoms with Gasteiger partial charge in [-0.05, 0) is 31.0 Å². The van der Waals surface area contributed by atoms with E-state index in [0.29, 0.717) is 12.2 Å². The molecule has 0 spiro atoms. The fourth-order valence-electron chi connectivity index (χ4n) is 2.44. The third-order valence-corrected chi connectivity index (χ3v) is 3.48. The molecule has 2 amide bonds. The van der Waals surface area contributed by atoms with Gasteiger partial charge < -0.3 is 15.1 Å². The topological polar surface area (TPSA) is 53.9 Å². The van der Waals surface area contributed by atoms with E-state index in [2.05, 4.69) is 5.32 Å². The summed E-state index contributed by atoms with van der Waals surface area (Å²) in [6.45, 7) is 2.12. The third-order valence-electron chi connectivity index (χ3n) is 3.48. The first-order valence-corrected chi connectivity index (χ1v) is 7.19. The number of halogens is 1. The third kappa shape index (κ3) is 4.82. The number of benzene rings is 1. The number of amides is 2. The maximum absolute atomic E-state index is 13.0. The van der Waals surface area contributed by atoms with Crippen LogP contribution >= 0.6 is 0 Å². The number of nitrogens with one attached hydrogen (secondary N) is 2. The Morgan fingerprint density at radius 1 is 1.29 bits per heavy atom. The smallest absolute Gasteiger partial charge is 0.279 e. The first-order valence-electron chi connectivity index (χ1n) is 7.19. The second-order valence-corrected chi connectivity index (χ2v) is 5.46. The van der Waals surface area contributed by atoms with E-state index < -0.39 is 5.82 Å². The number of hydrogen-bond donors (Lipinski definition) is 2. The summed E-state index contributed by atoms with van der Waals surface area (Å²) in [5.74, 6) is -0.534. The fourth-order valence-corrected chi connectivity index (χ4v) is 2.44. The second-order valence-electron chi connectivity index (χ2n) is 5.46. The molecule has 1 fully saturated rings. The van der Waals surface area contributed by atoms with Crippen molar-refractivity contribution in [3.05, 3.63) is 30.1 Å². The lowest BCUT2D eigenvalue weighted by atomic mass is 10.3. The van der Waals surface area contributed by atoms with Crippen LogP contribution in [-0.2, 0) is 9.59 Å². The van der Waals surface area contributed by atoms with Crippen LogP contribution in [0.2, 0.25) is 0 Å². The van der Waals surface area contributed by atoms with Gasteiger partial charge in [-0.15, -0.1) is 0 Å². The predicted octanol–water partition coefficient (Wildman–Crippen LogP) is -0.0987. The molecule has 1 atom stereocenters. The lowest BCUT2D eigenvalue weighted by molar-refractivity contribution is -0.862. The van der Waals surface area contributed by atoms with E-state index in [-0.39, 0.29) is 18.4 Å². The number of likely N-dealkylation sites (N-methyl/N-ethyl adjacent to an activating group) is 1. The molecule has 1 aromatic carbocycles. The molecule has 21 heavy (non-hydrogen) atoms. The van der Waals surface area contributed by atoms with Gasteiger partial charge in [-0.25, -0.2) is 4.39 Å². The van der Waals surface area contributed by atoms with Gasteiger partial charge in [0.1, 0.15) is 5.82 Å². The minimum atomic E-state index is -0.391. The largest absolute Gasteiger partial charge is 0.338 e. The van der Waals surface area contributed by atoms with Gasteiger partial charge in [0.2, 0.25) is 0 Å². The number of likely N-dealkylation sites (tertiary alicyclic amines) is 1. The van der Waals surface area contributed by atoms with Crippen LogP contribution in [0.25, 0.3) is 0 Å².